The first-order valence-corrected chi connectivity index (χ1v) is 7.94. The van der Waals surface area contributed by atoms with Gasteiger partial charge in [-0.05, 0) is 30.7 Å². The fourth-order valence-corrected chi connectivity index (χ4v) is 3.28. The highest BCUT2D eigenvalue weighted by Gasteiger charge is 2.08. The summed E-state index contributed by atoms with van der Waals surface area (Å²) in [5.41, 5.74) is 0. The number of thioether (sulfide) groups is 1. The van der Waals surface area contributed by atoms with Gasteiger partial charge in [0.25, 0.3) is 0 Å². The second-order valence-electron chi connectivity index (χ2n) is 3.80. The zero-order valence-corrected chi connectivity index (χ0v) is 11.8. The molecule has 0 amide bonds. The van der Waals surface area contributed by atoms with Crippen LogP contribution in [-0.4, -0.2) is 17.3 Å². The number of carbonyl (C=O) groups excluding carboxylic acids is 1. The van der Waals surface area contributed by atoms with Gasteiger partial charge in [0, 0.05) is 4.88 Å². The number of carbonyl (C=O) groups is 1. The number of thiophene rings is 1. The molecule has 1 nitrogen and oxygen atoms in total. The van der Waals surface area contributed by atoms with Crippen LogP contribution in [0.15, 0.2) is 12.1 Å². The Morgan fingerprint density at radius 1 is 1.31 bits per heavy atom. The lowest BCUT2D eigenvalue weighted by atomic mass is 10.3. The Balaban J connectivity index is 2.24. The Morgan fingerprint density at radius 3 is 2.75 bits per heavy atom. The maximum absolute atomic E-state index is 11.8. The minimum atomic E-state index is 0.297. The third kappa shape index (κ3) is 4.71. The molecule has 1 aromatic rings. The van der Waals surface area contributed by atoms with Crippen LogP contribution in [0, 0.1) is 0 Å². The molecule has 0 unspecified atom stereocenters. The summed E-state index contributed by atoms with van der Waals surface area (Å²) >= 11 is 3.42. The van der Waals surface area contributed by atoms with E-state index < -0.39 is 0 Å². The minimum Gasteiger partial charge on any atom is -0.292 e. The molecule has 0 bridgehead atoms. The molecule has 0 N–H and O–H groups in total. The molecule has 0 fully saturated rings. The number of rotatable bonds is 8. The fourth-order valence-electron chi connectivity index (χ4n) is 1.41. The molecule has 0 radical (unpaired) electrons. The van der Waals surface area contributed by atoms with Gasteiger partial charge in [0.15, 0.2) is 5.78 Å². The van der Waals surface area contributed by atoms with Crippen LogP contribution in [0.4, 0.5) is 0 Å². The molecule has 3 heteroatoms. The van der Waals surface area contributed by atoms with E-state index in [1.165, 1.54) is 24.1 Å². The molecule has 1 rings (SSSR count). The second kappa shape index (κ2) is 7.91. The average molecular weight is 256 g/mol. The summed E-state index contributed by atoms with van der Waals surface area (Å²) in [6.45, 7) is 4.33. The molecule has 16 heavy (non-hydrogen) atoms. The van der Waals surface area contributed by atoms with Crippen molar-refractivity contribution < 1.29 is 4.79 Å². The molecule has 1 heterocycles. The first-order chi connectivity index (χ1) is 7.77. The van der Waals surface area contributed by atoms with Crippen LogP contribution in [0.1, 0.15) is 47.7 Å². The second-order valence-corrected chi connectivity index (χ2v) is 6.08. The third-order valence-electron chi connectivity index (χ3n) is 2.41. The van der Waals surface area contributed by atoms with Crippen LogP contribution in [0.5, 0.6) is 0 Å². The monoisotopic (exact) mass is 256 g/mol. The summed E-state index contributed by atoms with van der Waals surface area (Å²) in [6.07, 6.45) is 4.79. The highest BCUT2D eigenvalue weighted by atomic mass is 32.2. The van der Waals surface area contributed by atoms with E-state index in [1.807, 2.05) is 6.07 Å². The molecular weight excluding hydrogens is 236 g/mol. The summed E-state index contributed by atoms with van der Waals surface area (Å²) in [5, 5.41) is 0. The van der Waals surface area contributed by atoms with E-state index in [4.69, 9.17) is 0 Å². The molecule has 0 aromatic carbocycles. The molecule has 0 aliphatic heterocycles. The largest absolute Gasteiger partial charge is 0.292 e. The summed E-state index contributed by atoms with van der Waals surface area (Å²) < 4.78 is 0. The van der Waals surface area contributed by atoms with Gasteiger partial charge in [-0.25, -0.2) is 0 Å². The Morgan fingerprint density at radius 2 is 2.12 bits per heavy atom. The lowest BCUT2D eigenvalue weighted by Crippen LogP contribution is -2.00. The van der Waals surface area contributed by atoms with Crippen molar-refractivity contribution in [3.05, 3.63) is 21.9 Å². The van der Waals surface area contributed by atoms with Crippen LogP contribution >= 0.6 is 23.1 Å². The SMILES string of the molecule is CCCCCSCC(=O)c1ccc(CC)s1. The summed E-state index contributed by atoms with van der Waals surface area (Å²) in [4.78, 5) is 14.0. The van der Waals surface area contributed by atoms with Crippen LogP contribution in [0.2, 0.25) is 0 Å². The van der Waals surface area contributed by atoms with E-state index in [9.17, 15) is 4.79 Å². The van der Waals surface area contributed by atoms with E-state index in [2.05, 4.69) is 19.9 Å². The topological polar surface area (TPSA) is 17.1 Å². The zero-order chi connectivity index (χ0) is 11.8. The van der Waals surface area contributed by atoms with Crippen molar-refractivity contribution in [2.24, 2.45) is 0 Å². The summed E-state index contributed by atoms with van der Waals surface area (Å²) in [6, 6.07) is 4.04. The van der Waals surface area contributed by atoms with Gasteiger partial charge in [-0.2, -0.15) is 11.8 Å². The summed E-state index contributed by atoms with van der Waals surface area (Å²) in [7, 11) is 0. The molecule has 0 atom stereocenters. The summed E-state index contributed by atoms with van der Waals surface area (Å²) in [5.74, 6) is 2.06. The van der Waals surface area contributed by atoms with Crippen molar-refractivity contribution in [2.75, 3.05) is 11.5 Å². The first kappa shape index (κ1) is 13.8. The maximum Gasteiger partial charge on any atom is 0.182 e. The van der Waals surface area contributed by atoms with E-state index in [0.29, 0.717) is 11.5 Å². The quantitative estimate of drug-likeness (QED) is 0.506. The van der Waals surface area contributed by atoms with Crippen LogP contribution in [-0.2, 0) is 6.42 Å². The number of Topliss-reactive ketones (excluding diaryl/α,β-unsaturated/α-hetero) is 1. The number of hydrogen-bond donors (Lipinski definition) is 0. The molecule has 0 spiro atoms. The minimum absolute atomic E-state index is 0.297. The van der Waals surface area contributed by atoms with Gasteiger partial charge in [-0.3, -0.25) is 4.79 Å². The van der Waals surface area contributed by atoms with Gasteiger partial charge < -0.3 is 0 Å². The average Bonchev–Trinajstić information content (AvgIpc) is 2.77. The molecule has 0 saturated heterocycles. The Labute approximate surface area is 107 Å². The van der Waals surface area contributed by atoms with Gasteiger partial charge in [-0.1, -0.05) is 26.7 Å². The number of hydrogen-bond acceptors (Lipinski definition) is 3. The highest BCUT2D eigenvalue weighted by molar-refractivity contribution is 7.99. The molecule has 0 aliphatic rings. The smallest absolute Gasteiger partial charge is 0.182 e. The van der Waals surface area contributed by atoms with E-state index in [1.54, 1.807) is 23.1 Å². The molecule has 90 valence electrons. The van der Waals surface area contributed by atoms with Crippen LogP contribution < -0.4 is 0 Å². The Hall–Kier alpha value is -0.280. The lowest BCUT2D eigenvalue weighted by Gasteiger charge is -1.99. The maximum atomic E-state index is 11.8. The van der Waals surface area contributed by atoms with Gasteiger partial charge >= 0.3 is 0 Å². The van der Waals surface area contributed by atoms with Crippen molar-refractivity contribution in [2.45, 2.75) is 39.5 Å². The van der Waals surface area contributed by atoms with Gasteiger partial charge in [0.05, 0.1) is 10.6 Å². The van der Waals surface area contributed by atoms with Crippen molar-refractivity contribution in [3.8, 4) is 0 Å². The van der Waals surface area contributed by atoms with Crippen LogP contribution in [0.3, 0.4) is 0 Å². The van der Waals surface area contributed by atoms with Crippen molar-refractivity contribution in [3.63, 3.8) is 0 Å². The standard InChI is InChI=1S/C13H20OS2/c1-3-5-6-9-15-10-12(14)13-8-7-11(4-2)16-13/h7-8H,3-6,9-10H2,1-2H3. The van der Waals surface area contributed by atoms with Crippen molar-refractivity contribution in [1.29, 1.82) is 0 Å². The molecular formula is C13H20OS2. The highest BCUT2D eigenvalue weighted by Crippen LogP contribution is 2.19. The first-order valence-electron chi connectivity index (χ1n) is 5.97. The molecule has 0 saturated carbocycles. The predicted molar refractivity (Wildman–Crippen MR) is 74.9 cm³/mol. The molecule has 1 aromatic heterocycles. The van der Waals surface area contributed by atoms with E-state index >= 15 is 0 Å². The number of unbranched alkanes of at least 4 members (excludes halogenated alkanes) is 2. The van der Waals surface area contributed by atoms with Gasteiger partial charge in [0.2, 0.25) is 0 Å². The van der Waals surface area contributed by atoms with Gasteiger partial charge in [0.1, 0.15) is 0 Å². The van der Waals surface area contributed by atoms with Crippen molar-refractivity contribution >= 4 is 28.9 Å². The Bertz CT molecular complexity index is 317. The number of aryl methyl sites for hydroxylation is 1. The molecule has 0 aliphatic carbocycles. The van der Waals surface area contributed by atoms with Gasteiger partial charge in [-0.15, -0.1) is 11.3 Å². The van der Waals surface area contributed by atoms with E-state index in [-0.39, 0.29) is 0 Å². The normalized spacial score (nSPS) is 10.6. The number of ketones is 1. The van der Waals surface area contributed by atoms with E-state index in [0.717, 1.165) is 17.1 Å². The Kier molecular flexibility index (Phi) is 6.81. The predicted octanol–water partition coefficient (Wildman–Crippen LogP) is 4.42. The zero-order valence-electron chi connectivity index (χ0n) is 10.1. The third-order valence-corrected chi connectivity index (χ3v) is 4.72. The lowest BCUT2D eigenvalue weighted by molar-refractivity contribution is 0.102. The van der Waals surface area contributed by atoms with Crippen LogP contribution in [0.25, 0.3) is 0 Å². The fraction of sp³-hybridized carbons (Fsp3) is 0.615. The van der Waals surface area contributed by atoms with Crippen molar-refractivity contribution in [1.82, 2.24) is 0 Å².